The van der Waals surface area contributed by atoms with Crippen molar-refractivity contribution >= 4 is 39.5 Å². The van der Waals surface area contributed by atoms with Gasteiger partial charge in [-0.25, -0.2) is 9.59 Å². The van der Waals surface area contributed by atoms with Gasteiger partial charge in [0.25, 0.3) is 5.91 Å². The summed E-state index contributed by atoms with van der Waals surface area (Å²) in [7, 11) is 1.28. The van der Waals surface area contributed by atoms with Crippen LogP contribution in [0.2, 0.25) is 0 Å². The van der Waals surface area contributed by atoms with Gasteiger partial charge in [-0.2, -0.15) is 0 Å². The number of hydrogen-bond acceptors (Lipinski definition) is 6. The molecule has 0 aliphatic heterocycles. The molecule has 1 heterocycles. The first-order valence-corrected chi connectivity index (χ1v) is 7.55. The number of rotatable bonds is 5. The van der Waals surface area contributed by atoms with Crippen LogP contribution in [0.1, 0.15) is 20.7 Å². The van der Waals surface area contributed by atoms with Crippen molar-refractivity contribution in [2.45, 2.75) is 0 Å². The van der Waals surface area contributed by atoms with Crippen LogP contribution in [0.4, 0.5) is 5.69 Å². The molecular formula is C16H13BrN2O5. The van der Waals surface area contributed by atoms with Crippen molar-refractivity contribution in [1.29, 1.82) is 0 Å². The lowest BCUT2D eigenvalue weighted by molar-refractivity contribution is -0.119. The zero-order valence-corrected chi connectivity index (χ0v) is 14.2. The van der Waals surface area contributed by atoms with Crippen molar-refractivity contribution in [3.05, 3.63) is 58.3 Å². The molecule has 0 atom stereocenters. The summed E-state index contributed by atoms with van der Waals surface area (Å²) < 4.78 is 10.1. The number of carbonyl (C=O) groups is 3. The third kappa shape index (κ3) is 4.88. The molecule has 0 radical (unpaired) electrons. The minimum Gasteiger partial charge on any atom is -0.465 e. The average Bonchev–Trinajstić information content (AvgIpc) is 2.59. The molecule has 0 bridgehead atoms. The van der Waals surface area contributed by atoms with E-state index in [1.165, 1.54) is 31.6 Å². The molecule has 2 aromatic rings. The van der Waals surface area contributed by atoms with E-state index in [9.17, 15) is 14.4 Å². The molecule has 1 N–H and O–H groups in total. The summed E-state index contributed by atoms with van der Waals surface area (Å²) in [5.74, 6) is -1.62. The number of amides is 1. The maximum absolute atomic E-state index is 11.8. The van der Waals surface area contributed by atoms with Gasteiger partial charge in [0.2, 0.25) is 0 Å². The third-order valence-corrected chi connectivity index (χ3v) is 3.30. The van der Waals surface area contributed by atoms with Crippen LogP contribution in [0.25, 0.3) is 0 Å². The first-order valence-electron chi connectivity index (χ1n) is 6.75. The molecule has 0 saturated heterocycles. The fourth-order valence-electron chi connectivity index (χ4n) is 1.74. The standard InChI is InChI=1S/C16H13BrN2O5/c1-23-15(21)10-2-4-13(5-3-10)19-14(20)9-24-16(22)11-6-12(17)8-18-7-11/h2-8H,9H2,1H3,(H,19,20). The van der Waals surface area contributed by atoms with Gasteiger partial charge in [-0.05, 0) is 46.3 Å². The lowest BCUT2D eigenvalue weighted by Gasteiger charge is -2.07. The Kier molecular flexibility index (Phi) is 6.02. The second kappa shape index (κ2) is 8.21. The summed E-state index contributed by atoms with van der Waals surface area (Å²) in [6.07, 6.45) is 2.87. The molecule has 0 spiro atoms. The molecule has 24 heavy (non-hydrogen) atoms. The fourth-order valence-corrected chi connectivity index (χ4v) is 2.11. The van der Waals surface area contributed by atoms with E-state index >= 15 is 0 Å². The van der Waals surface area contributed by atoms with Gasteiger partial charge in [-0.15, -0.1) is 0 Å². The van der Waals surface area contributed by atoms with Gasteiger partial charge < -0.3 is 14.8 Å². The molecule has 0 unspecified atom stereocenters. The first kappa shape index (κ1) is 17.6. The molecule has 0 fully saturated rings. The van der Waals surface area contributed by atoms with Gasteiger partial charge in [0.05, 0.1) is 18.2 Å². The molecule has 7 nitrogen and oxygen atoms in total. The van der Waals surface area contributed by atoms with Crippen LogP contribution in [0, 0.1) is 0 Å². The highest BCUT2D eigenvalue weighted by atomic mass is 79.9. The van der Waals surface area contributed by atoms with Crippen molar-refractivity contribution in [3.8, 4) is 0 Å². The molecule has 0 saturated carbocycles. The number of halogens is 1. The number of pyridine rings is 1. The molecule has 124 valence electrons. The number of anilines is 1. The number of nitrogens with one attached hydrogen (secondary N) is 1. The van der Waals surface area contributed by atoms with E-state index in [2.05, 4.69) is 31.0 Å². The highest BCUT2D eigenvalue weighted by Gasteiger charge is 2.11. The van der Waals surface area contributed by atoms with Gasteiger partial charge in [0.15, 0.2) is 6.61 Å². The van der Waals surface area contributed by atoms with Crippen molar-refractivity contribution in [2.75, 3.05) is 19.0 Å². The summed E-state index contributed by atoms with van der Waals surface area (Å²) in [4.78, 5) is 38.7. The largest absolute Gasteiger partial charge is 0.465 e. The number of carbonyl (C=O) groups excluding carboxylic acids is 3. The Bertz CT molecular complexity index is 761. The number of aromatic nitrogens is 1. The van der Waals surface area contributed by atoms with Crippen LogP contribution >= 0.6 is 15.9 Å². The van der Waals surface area contributed by atoms with E-state index in [1.807, 2.05) is 0 Å². The van der Waals surface area contributed by atoms with Gasteiger partial charge in [0.1, 0.15) is 0 Å². The number of benzene rings is 1. The zero-order valence-electron chi connectivity index (χ0n) is 12.6. The Hall–Kier alpha value is -2.74. The van der Waals surface area contributed by atoms with Crippen LogP contribution in [0.3, 0.4) is 0 Å². The minimum absolute atomic E-state index is 0.236. The van der Waals surface area contributed by atoms with Gasteiger partial charge >= 0.3 is 11.9 Å². The Morgan fingerprint density at radius 2 is 1.79 bits per heavy atom. The highest BCUT2D eigenvalue weighted by molar-refractivity contribution is 9.10. The summed E-state index contributed by atoms with van der Waals surface area (Å²) in [5, 5.41) is 2.55. The quantitative estimate of drug-likeness (QED) is 0.785. The van der Waals surface area contributed by atoms with E-state index in [-0.39, 0.29) is 5.56 Å². The number of ether oxygens (including phenoxy) is 2. The highest BCUT2D eigenvalue weighted by Crippen LogP contribution is 2.12. The molecule has 1 aromatic heterocycles. The van der Waals surface area contributed by atoms with Gasteiger partial charge in [-0.3, -0.25) is 9.78 Å². The molecule has 0 aliphatic carbocycles. The smallest absolute Gasteiger partial charge is 0.340 e. The minimum atomic E-state index is -0.653. The lowest BCUT2D eigenvalue weighted by atomic mass is 10.2. The van der Waals surface area contributed by atoms with Crippen LogP contribution in [-0.2, 0) is 14.3 Å². The van der Waals surface area contributed by atoms with E-state index in [4.69, 9.17) is 4.74 Å². The number of nitrogens with zero attached hydrogens (tertiary/aromatic N) is 1. The summed E-state index contributed by atoms with van der Waals surface area (Å²) in [6.45, 7) is -0.440. The van der Waals surface area contributed by atoms with E-state index in [0.717, 1.165) is 0 Å². The summed E-state index contributed by atoms with van der Waals surface area (Å²) in [5.41, 5.74) is 1.07. The van der Waals surface area contributed by atoms with Gasteiger partial charge in [0, 0.05) is 22.6 Å². The molecule has 1 amide bonds. The monoisotopic (exact) mass is 392 g/mol. The van der Waals surface area contributed by atoms with Crippen LogP contribution in [-0.4, -0.2) is 36.5 Å². The van der Waals surface area contributed by atoms with Crippen molar-refractivity contribution in [3.63, 3.8) is 0 Å². The van der Waals surface area contributed by atoms with Crippen LogP contribution in [0.5, 0.6) is 0 Å². The predicted molar refractivity (Wildman–Crippen MR) is 88.6 cm³/mol. The Labute approximate surface area is 146 Å². The molecule has 8 heteroatoms. The number of esters is 2. The summed E-state index contributed by atoms with van der Waals surface area (Å²) in [6, 6.07) is 7.66. The van der Waals surface area contributed by atoms with Crippen LogP contribution < -0.4 is 5.32 Å². The second-order valence-electron chi connectivity index (χ2n) is 4.59. The van der Waals surface area contributed by atoms with Gasteiger partial charge in [-0.1, -0.05) is 0 Å². The second-order valence-corrected chi connectivity index (χ2v) is 5.50. The normalized spacial score (nSPS) is 9.92. The number of methoxy groups -OCH3 is 1. The molecule has 0 aliphatic rings. The SMILES string of the molecule is COC(=O)c1ccc(NC(=O)COC(=O)c2cncc(Br)c2)cc1. The Morgan fingerprint density at radius 3 is 2.42 bits per heavy atom. The van der Waals surface area contributed by atoms with Crippen molar-refractivity contribution < 1.29 is 23.9 Å². The molecule has 2 rings (SSSR count). The maximum atomic E-state index is 11.8. The zero-order chi connectivity index (χ0) is 17.5. The fraction of sp³-hybridized carbons (Fsp3) is 0.125. The predicted octanol–water partition coefficient (Wildman–Crippen LogP) is 2.43. The molecular weight excluding hydrogens is 380 g/mol. The average molecular weight is 393 g/mol. The van der Waals surface area contributed by atoms with E-state index in [1.54, 1.807) is 18.2 Å². The Balaban J connectivity index is 1.87. The summed E-state index contributed by atoms with van der Waals surface area (Å²) >= 11 is 3.19. The lowest BCUT2D eigenvalue weighted by Crippen LogP contribution is -2.21. The van der Waals surface area contributed by atoms with E-state index in [0.29, 0.717) is 15.7 Å². The Morgan fingerprint density at radius 1 is 1.08 bits per heavy atom. The first-order chi connectivity index (χ1) is 11.5. The topological polar surface area (TPSA) is 94.6 Å². The van der Waals surface area contributed by atoms with Crippen LogP contribution in [0.15, 0.2) is 47.2 Å². The molecule has 1 aromatic carbocycles. The van der Waals surface area contributed by atoms with Crippen molar-refractivity contribution in [1.82, 2.24) is 4.98 Å². The number of hydrogen-bond donors (Lipinski definition) is 1. The maximum Gasteiger partial charge on any atom is 0.340 e. The third-order valence-electron chi connectivity index (χ3n) is 2.86. The van der Waals surface area contributed by atoms with Crippen molar-refractivity contribution in [2.24, 2.45) is 0 Å². The van der Waals surface area contributed by atoms with E-state index < -0.39 is 24.5 Å².